The number of ether oxygens (including phenoxy) is 1. The molecule has 28 heavy (non-hydrogen) atoms. The van der Waals surface area contributed by atoms with E-state index in [1.165, 1.54) is 0 Å². The van der Waals surface area contributed by atoms with Crippen LogP contribution in [0.25, 0.3) is 10.9 Å². The number of anilines is 1. The molecule has 7 heteroatoms. The van der Waals surface area contributed by atoms with Gasteiger partial charge in [0.1, 0.15) is 5.82 Å². The third-order valence-corrected chi connectivity index (χ3v) is 4.39. The van der Waals surface area contributed by atoms with E-state index in [1.807, 2.05) is 44.2 Å². The highest BCUT2D eigenvalue weighted by Crippen LogP contribution is 2.17. The minimum atomic E-state index is -0.262. The van der Waals surface area contributed by atoms with Crippen molar-refractivity contribution in [3.63, 3.8) is 0 Å². The van der Waals surface area contributed by atoms with Gasteiger partial charge in [-0.1, -0.05) is 30.3 Å². The molecule has 0 aliphatic rings. The second-order valence-corrected chi connectivity index (χ2v) is 6.27. The Morgan fingerprint density at radius 2 is 1.89 bits per heavy atom. The van der Waals surface area contributed by atoms with Gasteiger partial charge in [0.05, 0.1) is 24.1 Å². The number of fused-ring (bicyclic) bond motifs is 1. The maximum atomic E-state index is 12.8. The molecule has 7 nitrogen and oxygen atoms in total. The molecule has 146 valence electrons. The minimum Gasteiger partial charge on any atom is -0.377 e. The van der Waals surface area contributed by atoms with E-state index in [2.05, 4.69) is 15.3 Å². The van der Waals surface area contributed by atoms with Crippen molar-refractivity contribution in [2.45, 2.75) is 27.0 Å². The van der Waals surface area contributed by atoms with Gasteiger partial charge in [-0.2, -0.15) is 0 Å². The summed E-state index contributed by atoms with van der Waals surface area (Å²) in [6, 6.07) is 14.4. The molecule has 2 N–H and O–H groups in total. The Morgan fingerprint density at radius 3 is 2.68 bits per heavy atom. The predicted octanol–water partition coefficient (Wildman–Crippen LogP) is 3.51. The van der Waals surface area contributed by atoms with Gasteiger partial charge in [0.2, 0.25) is 0 Å². The maximum absolute atomic E-state index is 12.8. The molecule has 0 bridgehead atoms. The predicted molar refractivity (Wildman–Crippen MR) is 109 cm³/mol. The van der Waals surface area contributed by atoms with Crippen LogP contribution in [0.1, 0.15) is 25.2 Å². The summed E-state index contributed by atoms with van der Waals surface area (Å²) in [5.74, 6) is 0.448. The van der Waals surface area contributed by atoms with Crippen molar-refractivity contribution >= 4 is 22.6 Å². The molecule has 0 fully saturated rings. The number of para-hydroxylation sites is 2. The highest BCUT2D eigenvalue weighted by Gasteiger charge is 2.16. The highest BCUT2D eigenvalue weighted by molar-refractivity contribution is 5.90. The van der Waals surface area contributed by atoms with Crippen molar-refractivity contribution < 1.29 is 9.53 Å². The molecule has 2 amide bonds. The lowest BCUT2D eigenvalue weighted by Gasteiger charge is -2.22. The van der Waals surface area contributed by atoms with Gasteiger partial charge in [-0.15, -0.1) is 0 Å². The Bertz CT molecular complexity index is 1020. The zero-order valence-corrected chi connectivity index (χ0v) is 16.1. The Hall–Kier alpha value is -3.19. The number of benzene rings is 2. The van der Waals surface area contributed by atoms with Gasteiger partial charge in [-0.05, 0) is 32.0 Å². The lowest BCUT2D eigenvalue weighted by Crippen LogP contribution is -2.35. The molecule has 0 spiro atoms. The lowest BCUT2D eigenvalue weighted by molar-refractivity contribution is 0.134. The second kappa shape index (κ2) is 9.14. The number of amides is 2. The zero-order valence-electron chi connectivity index (χ0n) is 16.1. The van der Waals surface area contributed by atoms with E-state index in [1.54, 1.807) is 23.1 Å². The van der Waals surface area contributed by atoms with Crippen LogP contribution >= 0.6 is 0 Å². The number of carbonyl (C=O) groups excluding carboxylic acids is 1. The molecule has 1 heterocycles. The minimum absolute atomic E-state index is 0.204. The second-order valence-electron chi connectivity index (χ2n) is 6.27. The van der Waals surface area contributed by atoms with Gasteiger partial charge in [-0.25, -0.2) is 9.78 Å². The average Bonchev–Trinajstić information content (AvgIpc) is 2.71. The Kier molecular flexibility index (Phi) is 6.39. The van der Waals surface area contributed by atoms with Crippen LogP contribution in [0.2, 0.25) is 0 Å². The molecular weight excluding hydrogens is 356 g/mol. The average molecular weight is 380 g/mol. The smallest absolute Gasteiger partial charge is 0.322 e. The number of carbonyl (C=O) groups is 1. The summed E-state index contributed by atoms with van der Waals surface area (Å²) in [5.41, 5.74) is 2.02. The molecule has 0 aliphatic heterocycles. The normalized spacial score (nSPS) is 10.8. The van der Waals surface area contributed by atoms with Crippen molar-refractivity contribution in [2.24, 2.45) is 0 Å². The van der Waals surface area contributed by atoms with E-state index < -0.39 is 0 Å². The van der Waals surface area contributed by atoms with E-state index in [0.29, 0.717) is 42.2 Å². The van der Waals surface area contributed by atoms with Crippen molar-refractivity contribution in [2.75, 3.05) is 18.5 Å². The summed E-state index contributed by atoms with van der Waals surface area (Å²) in [4.78, 5) is 33.9. The fraction of sp³-hybridized carbons (Fsp3) is 0.286. The van der Waals surface area contributed by atoms with Gasteiger partial charge >= 0.3 is 6.03 Å². The summed E-state index contributed by atoms with van der Waals surface area (Å²) in [6.45, 7) is 5.51. The number of nitrogens with one attached hydrogen (secondary N) is 2. The first kappa shape index (κ1) is 19.6. The van der Waals surface area contributed by atoms with Gasteiger partial charge in [-0.3, -0.25) is 4.79 Å². The van der Waals surface area contributed by atoms with E-state index in [9.17, 15) is 9.59 Å². The summed E-state index contributed by atoms with van der Waals surface area (Å²) in [5, 5.41) is 3.46. The van der Waals surface area contributed by atoms with Crippen molar-refractivity contribution in [3.05, 3.63) is 70.3 Å². The number of rotatable bonds is 7. The number of H-pyrrole nitrogens is 1. The molecule has 3 rings (SSSR count). The number of urea groups is 1. The molecule has 2 aromatic carbocycles. The molecule has 3 aromatic rings. The Balaban J connectivity index is 1.77. The summed E-state index contributed by atoms with van der Waals surface area (Å²) in [7, 11) is 0. The van der Waals surface area contributed by atoms with E-state index in [0.717, 1.165) is 5.56 Å². The lowest BCUT2D eigenvalue weighted by atomic mass is 10.2. The molecule has 0 aliphatic carbocycles. The van der Waals surface area contributed by atoms with Gasteiger partial charge in [0.25, 0.3) is 5.56 Å². The van der Waals surface area contributed by atoms with Gasteiger partial charge < -0.3 is 19.9 Å². The van der Waals surface area contributed by atoms with Crippen LogP contribution in [0.4, 0.5) is 10.5 Å². The number of aromatic amines is 1. The third kappa shape index (κ3) is 4.55. The number of nitrogens with zero attached hydrogens (tertiary/aromatic N) is 2. The van der Waals surface area contributed by atoms with Crippen molar-refractivity contribution in [1.29, 1.82) is 0 Å². The topological polar surface area (TPSA) is 87.3 Å². The first-order valence-electron chi connectivity index (χ1n) is 9.31. The molecule has 0 atom stereocenters. The van der Waals surface area contributed by atoms with Gasteiger partial charge in [0, 0.05) is 24.4 Å². The van der Waals surface area contributed by atoms with E-state index in [-0.39, 0.29) is 18.1 Å². The Labute approximate surface area is 163 Å². The monoisotopic (exact) mass is 380 g/mol. The first-order valence-corrected chi connectivity index (χ1v) is 9.31. The molecular formula is C21H24N4O3. The maximum Gasteiger partial charge on any atom is 0.322 e. The third-order valence-electron chi connectivity index (χ3n) is 4.39. The van der Waals surface area contributed by atoms with Gasteiger partial charge in [0.15, 0.2) is 0 Å². The van der Waals surface area contributed by atoms with Crippen LogP contribution < -0.4 is 10.9 Å². The van der Waals surface area contributed by atoms with Crippen LogP contribution in [0, 0.1) is 0 Å². The fourth-order valence-electron chi connectivity index (χ4n) is 2.89. The van der Waals surface area contributed by atoms with Crippen LogP contribution in [0.5, 0.6) is 0 Å². The quantitative estimate of drug-likeness (QED) is 0.657. The van der Waals surface area contributed by atoms with Crippen LogP contribution in [-0.2, 0) is 17.9 Å². The highest BCUT2D eigenvalue weighted by atomic mass is 16.5. The zero-order chi connectivity index (χ0) is 19.9. The summed E-state index contributed by atoms with van der Waals surface area (Å²) in [6.07, 6.45) is 0. The molecule has 1 aromatic heterocycles. The fourth-order valence-corrected chi connectivity index (χ4v) is 2.89. The Morgan fingerprint density at radius 1 is 1.14 bits per heavy atom. The number of aromatic nitrogens is 2. The number of hydrogen-bond acceptors (Lipinski definition) is 4. The largest absolute Gasteiger partial charge is 0.377 e. The first-order chi connectivity index (χ1) is 13.6. The molecule has 0 radical (unpaired) electrons. The number of hydrogen-bond donors (Lipinski definition) is 2. The van der Waals surface area contributed by atoms with E-state index >= 15 is 0 Å². The van der Waals surface area contributed by atoms with Crippen molar-refractivity contribution in [1.82, 2.24) is 14.9 Å². The molecule has 0 saturated heterocycles. The van der Waals surface area contributed by atoms with Crippen LogP contribution in [-0.4, -0.2) is 34.1 Å². The molecule has 0 saturated carbocycles. The SMILES string of the molecule is CCOCc1ccccc1NC(=O)N(CC)Cc1nc2ccccc2c(=O)[nH]1. The van der Waals surface area contributed by atoms with Crippen molar-refractivity contribution in [3.8, 4) is 0 Å². The summed E-state index contributed by atoms with van der Waals surface area (Å²) < 4.78 is 5.46. The van der Waals surface area contributed by atoms with E-state index in [4.69, 9.17) is 4.74 Å². The van der Waals surface area contributed by atoms with Crippen LogP contribution in [0.3, 0.4) is 0 Å². The standard InChI is InChI=1S/C21H24N4O3/c1-3-25(13-19-22-18-12-8-6-10-16(18)20(26)24-19)21(27)23-17-11-7-5-9-15(17)14-28-4-2/h5-12H,3-4,13-14H2,1-2H3,(H,23,27)(H,22,24,26). The molecule has 0 unspecified atom stereocenters. The van der Waals surface area contributed by atoms with Crippen LogP contribution in [0.15, 0.2) is 53.3 Å². The summed E-state index contributed by atoms with van der Waals surface area (Å²) >= 11 is 0.